The molecule has 0 atom stereocenters. The summed E-state index contributed by atoms with van der Waals surface area (Å²) in [6.45, 7) is 2.02. The fraction of sp³-hybridized carbons (Fsp3) is 0.400. The van der Waals surface area contributed by atoms with Crippen molar-refractivity contribution in [2.75, 3.05) is 25.1 Å². The highest BCUT2D eigenvalue weighted by atomic mass is 16.3. The number of anilines is 1. The van der Waals surface area contributed by atoms with E-state index in [4.69, 9.17) is 5.11 Å². The van der Waals surface area contributed by atoms with Gasteiger partial charge in [-0.2, -0.15) is 0 Å². The molecule has 0 saturated heterocycles. The molecule has 1 N–H and O–H groups in total. The van der Waals surface area contributed by atoms with Crippen LogP contribution in [-0.4, -0.2) is 36.1 Å². The molecule has 0 fully saturated rings. The van der Waals surface area contributed by atoms with Crippen LogP contribution in [0.1, 0.15) is 17.3 Å². The molecule has 1 heterocycles. The van der Waals surface area contributed by atoms with Crippen molar-refractivity contribution in [1.29, 1.82) is 0 Å². The van der Waals surface area contributed by atoms with Gasteiger partial charge in [0.1, 0.15) is 5.82 Å². The van der Waals surface area contributed by atoms with Crippen molar-refractivity contribution < 1.29 is 9.90 Å². The summed E-state index contributed by atoms with van der Waals surface area (Å²) in [7, 11) is 1.80. The van der Waals surface area contributed by atoms with Gasteiger partial charge in [0, 0.05) is 19.8 Å². The van der Waals surface area contributed by atoms with Gasteiger partial charge in [-0.1, -0.05) is 0 Å². The largest absolute Gasteiger partial charge is 0.395 e. The van der Waals surface area contributed by atoms with Crippen molar-refractivity contribution in [2.24, 2.45) is 0 Å². The number of nitrogens with zero attached hydrogens (tertiary/aromatic N) is 2. The molecule has 0 amide bonds. The van der Waals surface area contributed by atoms with Crippen molar-refractivity contribution >= 4 is 11.6 Å². The molecule has 1 aromatic rings. The van der Waals surface area contributed by atoms with Crippen LogP contribution in [0.15, 0.2) is 18.3 Å². The Morgan fingerprint density at radius 1 is 1.64 bits per heavy atom. The third-order valence-electron chi connectivity index (χ3n) is 1.96. The second-order valence-corrected chi connectivity index (χ2v) is 3.08. The summed E-state index contributed by atoms with van der Waals surface area (Å²) < 4.78 is 0. The molecular weight excluding hydrogens is 180 g/mol. The molecule has 4 nitrogen and oxygen atoms in total. The number of pyridine rings is 1. The van der Waals surface area contributed by atoms with Gasteiger partial charge in [0.15, 0.2) is 5.78 Å². The average molecular weight is 194 g/mol. The van der Waals surface area contributed by atoms with Crippen LogP contribution in [0, 0.1) is 0 Å². The summed E-state index contributed by atoms with van der Waals surface area (Å²) in [6.07, 6.45) is 1.63. The third kappa shape index (κ3) is 2.29. The standard InChI is InChI=1S/C10H14N2O2/c1-8(14)9-4-3-5-11-10(9)12(2)6-7-13/h3-5,13H,6-7H2,1-2H3. The number of aliphatic hydroxyl groups excluding tert-OH is 1. The number of likely N-dealkylation sites (N-methyl/N-ethyl adjacent to an activating group) is 1. The highest BCUT2D eigenvalue weighted by Gasteiger charge is 2.10. The molecule has 0 unspecified atom stereocenters. The third-order valence-corrected chi connectivity index (χ3v) is 1.96. The lowest BCUT2D eigenvalue weighted by Gasteiger charge is -2.18. The Labute approximate surface area is 83.2 Å². The van der Waals surface area contributed by atoms with Crippen molar-refractivity contribution in [3.63, 3.8) is 0 Å². The molecule has 0 aromatic carbocycles. The van der Waals surface area contributed by atoms with Gasteiger partial charge in [0.25, 0.3) is 0 Å². The first-order chi connectivity index (χ1) is 6.66. The van der Waals surface area contributed by atoms with Crippen molar-refractivity contribution in [3.8, 4) is 0 Å². The Morgan fingerprint density at radius 2 is 2.36 bits per heavy atom. The minimum atomic E-state index is -0.0158. The fourth-order valence-electron chi connectivity index (χ4n) is 1.23. The Morgan fingerprint density at radius 3 is 2.93 bits per heavy atom. The lowest BCUT2D eigenvalue weighted by Crippen LogP contribution is -2.24. The minimum Gasteiger partial charge on any atom is -0.395 e. The van der Waals surface area contributed by atoms with Crippen LogP contribution >= 0.6 is 0 Å². The van der Waals surface area contributed by atoms with Gasteiger partial charge in [-0.15, -0.1) is 0 Å². The number of rotatable bonds is 4. The molecule has 0 saturated carbocycles. The number of aliphatic hydroxyl groups is 1. The Balaban J connectivity index is 3.00. The zero-order valence-electron chi connectivity index (χ0n) is 8.40. The summed E-state index contributed by atoms with van der Waals surface area (Å²) in [5.74, 6) is 0.604. The number of carbonyl (C=O) groups is 1. The van der Waals surface area contributed by atoms with E-state index in [1.54, 1.807) is 30.3 Å². The predicted molar refractivity (Wildman–Crippen MR) is 54.6 cm³/mol. The van der Waals surface area contributed by atoms with Gasteiger partial charge in [-0.25, -0.2) is 4.98 Å². The quantitative estimate of drug-likeness (QED) is 0.717. The molecule has 0 bridgehead atoms. The van der Waals surface area contributed by atoms with Crippen LogP contribution < -0.4 is 4.90 Å². The maximum Gasteiger partial charge on any atom is 0.163 e. The fourth-order valence-corrected chi connectivity index (χ4v) is 1.23. The Kier molecular flexibility index (Phi) is 3.59. The first-order valence-electron chi connectivity index (χ1n) is 4.44. The first kappa shape index (κ1) is 10.7. The summed E-state index contributed by atoms with van der Waals surface area (Å²) in [6, 6.07) is 3.46. The number of carbonyl (C=O) groups excluding carboxylic acids is 1. The molecule has 14 heavy (non-hydrogen) atoms. The van der Waals surface area contributed by atoms with E-state index in [0.717, 1.165) is 0 Å². The molecule has 4 heteroatoms. The molecule has 0 aliphatic carbocycles. The van der Waals surface area contributed by atoms with Gasteiger partial charge in [-0.3, -0.25) is 4.79 Å². The van der Waals surface area contributed by atoms with Crippen LogP contribution in [0.3, 0.4) is 0 Å². The zero-order chi connectivity index (χ0) is 10.6. The van der Waals surface area contributed by atoms with E-state index in [-0.39, 0.29) is 12.4 Å². The average Bonchev–Trinajstić information content (AvgIpc) is 2.18. The smallest absolute Gasteiger partial charge is 0.163 e. The number of ketones is 1. The van der Waals surface area contributed by atoms with E-state index in [1.807, 2.05) is 0 Å². The van der Waals surface area contributed by atoms with Crippen LogP contribution in [0.2, 0.25) is 0 Å². The van der Waals surface area contributed by atoms with Gasteiger partial charge >= 0.3 is 0 Å². The number of hydrogen-bond donors (Lipinski definition) is 1. The summed E-state index contributed by atoms with van der Waals surface area (Å²) in [4.78, 5) is 17.1. The lowest BCUT2D eigenvalue weighted by atomic mass is 10.2. The predicted octanol–water partition coefficient (Wildman–Crippen LogP) is 0.713. The summed E-state index contributed by atoms with van der Waals surface area (Å²) in [5, 5.41) is 8.77. The molecule has 1 rings (SSSR count). The van der Waals surface area contributed by atoms with E-state index < -0.39 is 0 Å². The Bertz CT molecular complexity index is 326. The summed E-state index contributed by atoms with van der Waals surface area (Å²) in [5.41, 5.74) is 0.587. The number of aromatic nitrogens is 1. The van der Waals surface area contributed by atoms with E-state index in [0.29, 0.717) is 17.9 Å². The van der Waals surface area contributed by atoms with Crippen LogP contribution in [-0.2, 0) is 0 Å². The topological polar surface area (TPSA) is 53.4 Å². The van der Waals surface area contributed by atoms with Gasteiger partial charge < -0.3 is 10.0 Å². The van der Waals surface area contributed by atoms with E-state index in [2.05, 4.69) is 4.98 Å². The first-order valence-corrected chi connectivity index (χ1v) is 4.44. The lowest BCUT2D eigenvalue weighted by molar-refractivity contribution is 0.101. The van der Waals surface area contributed by atoms with Gasteiger partial charge in [0.05, 0.1) is 12.2 Å². The van der Waals surface area contributed by atoms with Crippen molar-refractivity contribution in [1.82, 2.24) is 4.98 Å². The maximum atomic E-state index is 11.2. The Hall–Kier alpha value is -1.42. The molecule has 76 valence electrons. The van der Waals surface area contributed by atoms with Crippen LogP contribution in [0.4, 0.5) is 5.82 Å². The highest BCUT2D eigenvalue weighted by Crippen LogP contribution is 2.15. The van der Waals surface area contributed by atoms with Gasteiger partial charge in [0.2, 0.25) is 0 Å². The van der Waals surface area contributed by atoms with Crippen LogP contribution in [0.25, 0.3) is 0 Å². The van der Waals surface area contributed by atoms with E-state index in [1.165, 1.54) is 6.92 Å². The molecule has 0 radical (unpaired) electrons. The monoisotopic (exact) mass is 194 g/mol. The van der Waals surface area contributed by atoms with Crippen molar-refractivity contribution in [2.45, 2.75) is 6.92 Å². The molecule has 0 aliphatic heterocycles. The number of Topliss-reactive ketones (excluding diaryl/α,β-unsaturated/α-hetero) is 1. The summed E-state index contributed by atoms with van der Waals surface area (Å²) >= 11 is 0. The zero-order valence-corrected chi connectivity index (χ0v) is 8.40. The number of hydrogen-bond acceptors (Lipinski definition) is 4. The molecule has 0 aliphatic rings. The molecular formula is C10H14N2O2. The van der Waals surface area contributed by atoms with Crippen molar-refractivity contribution in [3.05, 3.63) is 23.9 Å². The van der Waals surface area contributed by atoms with Gasteiger partial charge in [-0.05, 0) is 19.1 Å². The minimum absolute atomic E-state index is 0.0158. The highest BCUT2D eigenvalue weighted by molar-refractivity contribution is 5.98. The second-order valence-electron chi connectivity index (χ2n) is 3.08. The SMILES string of the molecule is CC(=O)c1cccnc1N(C)CCO. The normalized spacial score (nSPS) is 9.93. The van der Waals surface area contributed by atoms with Crippen LogP contribution in [0.5, 0.6) is 0 Å². The molecule has 0 spiro atoms. The molecule has 1 aromatic heterocycles. The van der Waals surface area contributed by atoms with E-state index in [9.17, 15) is 4.79 Å². The maximum absolute atomic E-state index is 11.2. The van der Waals surface area contributed by atoms with E-state index >= 15 is 0 Å². The second kappa shape index (κ2) is 4.72.